The summed E-state index contributed by atoms with van der Waals surface area (Å²) in [6, 6.07) is 1.57. The van der Waals surface area contributed by atoms with E-state index in [9.17, 15) is 0 Å². The van der Waals surface area contributed by atoms with E-state index in [0.29, 0.717) is 6.04 Å². The van der Waals surface area contributed by atoms with Crippen LogP contribution in [0.3, 0.4) is 0 Å². The SMILES string of the molecule is CN=C(NCC1CCN(C2CC2)C1)NC1CCC2CCCCC2C1. The molecule has 0 bridgehead atoms. The number of guanidine groups is 1. The van der Waals surface area contributed by atoms with Crippen LogP contribution < -0.4 is 10.6 Å². The standard InChI is InChI=1S/C20H36N4/c1-21-20(22-13-15-10-11-24(14-15)19-8-9-19)23-18-7-6-16-4-2-3-5-17(16)12-18/h15-19H,2-14H2,1H3,(H2,21,22,23). The number of rotatable bonds is 4. The van der Waals surface area contributed by atoms with Gasteiger partial charge in [0.25, 0.3) is 0 Å². The van der Waals surface area contributed by atoms with Gasteiger partial charge in [-0.1, -0.05) is 25.7 Å². The Bertz CT molecular complexity index is 445. The second-order valence-corrected chi connectivity index (χ2v) is 8.79. The summed E-state index contributed by atoms with van der Waals surface area (Å²) in [5.74, 6) is 3.85. The van der Waals surface area contributed by atoms with Crippen LogP contribution in [0.2, 0.25) is 0 Å². The third kappa shape index (κ3) is 4.07. The molecular formula is C20H36N4. The molecule has 3 aliphatic carbocycles. The second-order valence-electron chi connectivity index (χ2n) is 8.79. The number of likely N-dealkylation sites (tertiary alicyclic amines) is 1. The zero-order chi connectivity index (χ0) is 16.4. The van der Waals surface area contributed by atoms with Gasteiger partial charge in [-0.3, -0.25) is 4.99 Å². The fourth-order valence-corrected chi connectivity index (χ4v) is 5.43. The van der Waals surface area contributed by atoms with Gasteiger partial charge in [0.1, 0.15) is 0 Å². The first-order valence-corrected chi connectivity index (χ1v) is 10.5. The highest BCUT2D eigenvalue weighted by Crippen LogP contribution is 2.40. The van der Waals surface area contributed by atoms with Crippen LogP contribution in [-0.2, 0) is 0 Å². The third-order valence-electron chi connectivity index (χ3n) is 7.04. The van der Waals surface area contributed by atoms with Crippen molar-refractivity contribution in [3.05, 3.63) is 0 Å². The van der Waals surface area contributed by atoms with E-state index in [1.807, 2.05) is 7.05 Å². The van der Waals surface area contributed by atoms with E-state index >= 15 is 0 Å². The van der Waals surface area contributed by atoms with E-state index < -0.39 is 0 Å². The lowest BCUT2D eigenvalue weighted by molar-refractivity contribution is 0.150. The molecule has 4 aliphatic rings. The minimum Gasteiger partial charge on any atom is -0.356 e. The number of nitrogens with zero attached hydrogens (tertiary/aromatic N) is 2. The van der Waals surface area contributed by atoms with Gasteiger partial charge < -0.3 is 15.5 Å². The van der Waals surface area contributed by atoms with E-state index in [2.05, 4.69) is 20.5 Å². The van der Waals surface area contributed by atoms with E-state index in [0.717, 1.165) is 36.3 Å². The maximum atomic E-state index is 4.49. The molecule has 0 spiro atoms. The molecule has 1 aliphatic heterocycles. The van der Waals surface area contributed by atoms with Crippen molar-refractivity contribution in [3.8, 4) is 0 Å². The van der Waals surface area contributed by atoms with Crippen molar-refractivity contribution in [2.24, 2.45) is 22.7 Å². The van der Waals surface area contributed by atoms with E-state index in [1.54, 1.807) is 0 Å². The minimum atomic E-state index is 0.641. The molecule has 4 fully saturated rings. The van der Waals surface area contributed by atoms with Crippen LogP contribution in [0.4, 0.5) is 0 Å². The first-order chi connectivity index (χ1) is 11.8. The third-order valence-corrected chi connectivity index (χ3v) is 7.04. The maximum absolute atomic E-state index is 4.49. The molecule has 0 aromatic heterocycles. The molecule has 4 nitrogen and oxygen atoms in total. The van der Waals surface area contributed by atoms with Gasteiger partial charge in [-0.2, -0.15) is 0 Å². The van der Waals surface area contributed by atoms with Crippen molar-refractivity contribution in [3.63, 3.8) is 0 Å². The molecule has 24 heavy (non-hydrogen) atoms. The van der Waals surface area contributed by atoms with Crippen molar-refractivity contribution in [2.75, 3.05) is 26.7 Å². The molecule has 4 unspecified atom stereocenters. The van der Waals surface area contributed by atoms with E-state index in [4.69, 9.17) is 0 Å². The van der Waals surface area contributed by atoms with Crippen molar-refractivity contribution < 1.29 is 0 Å². The van der Waals surface area contributed by atoms with Crippen LogP contribution in [0.5, 0.6) is 0 Å². The number of fused-ring (bicyclic) bond motifs is 1. The smallest absolute Gasteiger partial charge is 0.191 e. The summed E-state index contributed by atoms with van der Waals surface area (Å²) in [6.45, 7) is 3.69. The van der Waals surface area contributed by atoms with Crippen LogP contribution in [0.15, 0.2) is 4.99 Å². The molecule has 4 atom stereocenters. The maximum Gasteiger partial charge on any atom is 0.191 e. The Morgan fingerprint density at radius 2 is 1.83 bits per heavy atom. The van der Waals surface area contributed by atoms with Gasteiger partial charge >= 0.3 is 0 Å². The van der Waals surface area contributed by atoms with Gasteiger partial charge in [0.05, 0.1) is 0 Å². The second kappa shape index (κ2) is 7.63. The van der Waals surface area contributed by atoms with E-state index in [1.165, 1.54) is 77.3 Å². The van der Waals surface area contributed by atoms with Crippen LogP contribution in [0, 0.1) is 17.8 Å². The molecule has 0 aromatic carbocycles. The van der Waals surface area contributed by atoms with Gasteiger partial charge in [0.2, 0.25) is 0 Å². The summed E-state index contributed by atoms with van der Waals surface area (Å²) >= 11 is 0. The van der Waals surface area contributed by atoms with Gasteiger partial charge in [-0.15, -0.1) is 0 Å². The Labute approximate surface area is 147 Å². The van der Waals surface area contributed by atoms with Crippen molar-refractivity contribution in [1.29, 1.82) is 0 Å². The molecule has 4 rings (SSSR count). The lowest BCUT2D eigenvalue weighted by atomic mass is 9.69. The number of hydrogen-bond acceptors (Lipinski definition) is 2. The lowest BCUT2D eigenvalue weighted by Gasteiger charge is -2.40. The Morgan fingerprint density at radius 1 is 1.00 bits per heavy atom. The molecular weight excluding hydrogens is 296 g/mol. The highest BCUT2D eigenvalue weighted by Gasteiger charge is 2.35. The van der Waals surface area contributed by atoms with Gasteiger partial charge in [0, 0.05) is 32.2 Å². The first-order valence-electron chi connectivity index (χ1n) is 10.5. The Balaban J connectivity index is 1.20. The van der Waals surface area contributed by atoms with Crippen molar-refractivity contribution in [2.45, 2.75) is 76.3 Å². The average molecular weight is 333 g/mol. The largest absolute Gasteiger partial charge is 0.356 e. The van der Waals surface area contributed by atoms with Crippen LogP contribution in [-0.4, -0.2) is 49.6 Å². The van der Waals surface area contributed by atoms with Gasteiger partial charge in [-0.25, -0.2) is 0 Å². The van der Waals surface area contributed by atoms with Crippen molar-refractivity contribution >= 4 is 5.96 Å². The molecule has 0 aromatic rings. The lowest BCUT2D eigenvalue weighted by Crippen LogP contribution is -2.48. The fourth-order valence-electron chi connectivity index (χ4n) is 5.43. The fraction of sp³-hybridized carbons (Fsp3) is 0.950. The summed E-state index contributed by atoms with van der Waals surface area (Å²) < 4.78 is 0. The van der Waals surface area contributed by atoms with Gasteiger partial charge in [0.15, 0.2) is 5.96 Å². The average Bonchev–Trinajstić information content (AvgIpc) is 3.37. The highest BCUT2D eigenvalue weighted by molar-refractivity contribution is 5.79. The normalized spacial score (nSPS) is 38.0. The molecule has 4 heteroatoms. The highest BCUT2D eigenvalue weighted by atomic mass is 15.2. The number of hydrogen-bond donors (Lipinski definition) is 2. The summed E-state index contributed by atoms with van der Waals surface area (Å²) in [7, 11) is 1.92. The molecule has 136 valence electrons. The summed E-state index contributed by atoms with van der Waals surface area (Å²) in [4.78, 5) is 7.20. The quantitative estimate of drug-likeness (QED) is 0.614. The zero-order valence-corrected chi connectivity index (χ0v) is 15.5. The van der Waals surface area contributed by atoms with Crippen LogP contribution in [0.25, 0.3) is 0 Å². The van der Waals surface area contributed by atoms with E-state index in [-0.39, 0.29) is 0 Å². The monoisotopic (exact) mass is 332 g/mol. The summed E-state index contributed by atoms with van der Waals surface area (Å²) in [5.41, 5.74) is 0. The topological polar surface area (TPSA) is 39.7 Å². The molecule has 3 saturated carbocycles. The molecule has 1 saturated heterocycles. The minimum absolute atomic E-state index is 0.641. The number of aliphatic imine (C=N–C) groups is 1. The molecule has 1 heterocycles. The Morgan fingerprint density at radius 3 is 2.62 bits per heavy atom. The first kappa shape index (κ1) is 16.7. The Hall–Kier alpha value is -0.770. The van der Waals surface area contributed by atoms with Crippen molar-refractivity contribution in [1.82, 2.24) is 15.5 Å². The predicted molar refractivity (Wildman–Crippen MR) is 100 cm³/mol. The summed E-state index contributed by atoms with van der Waals surface area (Å²) in [5, 5.41) is 7.36. The van der Waals surface area contributed by atoms with Gasteiger partial charge in [-0.05, 0) is 62.8 Å². The zero-order valence-electron chi connectivity index (χ0n) is 15.5. The van der Waals surface area contributed by atoms with Crippen LogP contribution in [0.1, 0.15) is 64.2 Å². The van der Waals surface area contributed by atoms with Crippen LogP contribution >= 0.6 is 0 Å². The predicted octanol–water partition coefficient (Wildman–Crippen LogP) is 2.99. The summed E-state index contributed by atoms with van der Waals surface area (Å²) in [6.07, 6.45) is 14.2. The molecule has 2 N–H and O–H groups in total. The molecule has 0 radical (unpaired) electrons. The Kier molecular flexibility index (Phi) is 5.31. The number of nitrogens with one attached hydrogen (secondary N) is 2. The molecule has 0 amide bonds.